The van der Waals surface area contributed by atoms with E-state index in [-0.39, 0.29) is 34.5 Å². The summed E-state index contributed by atoms with van der Waals surface area (Å²) in [4.78, 5) is 0. The zero-order valence-electron chi connectivity index (χ0n) is 22.3. The predicted octanol–water partition coefficient (Wildman–Crippen LogP) is 8.09. The maximum absolute atomic E-state index is 7.04. The quantitative estimate of drug-likeness (QED) is 0.339. The molecule has 4 nitrogen and oxygen atoms in total. The topological polar surface area (TPSA) is 36.9 Å². The van der Waals surface area contributed by atoms with Gasteiger partial charge in [-0.05, 0) is 55.3 Å². The first kappa shape index (κ1) is 28.1. The lowest BCUT2D eigenvalue weighted by Gasteiger charge is -2.50. The van der Waals surface area contributed by atoms with Gasteiger partial charge in [-0.1, -0.05) is 63.5 Å². The van der Waals surface area contributed by atoms with E-state index >= 15 is 0 Å². The predicted molar refractivity (Wildman–Crippen MR) is 143 cm³/mol. The molecule has 184 valence electrons. The number of halogens is 1. The van der Waals surface area contributed by atoms with Crippen molar-refractivity contribution in [2.45, 2.75) is 116 Å². The van der Waals surface area contributed by atoms with Crippen LogP contribution in [0.25, 0.3) is 0 Å². The monoisotopic (exact) mass is 544 g/mol. The zero-order chi connectivity index (χ0) is 24.7. The minimum absolute atomic E-state index is 0.0212. The van der Waals surface area contributed by atoms with Crippen LogP contribution >= 0.6 is 15.9 Å². The molecule has 0 radical (unpaired) electrons. The molecular weight excluding hydrogens is 500 g/mol. The highest BCUT2D eigenvalue weighted by molar-refractivity contribution is 9.10. The SMILES string of the molecule is COc1cc(Br)ccc1[C@H]1C[C@@H](O[Si](C)(C)C(C)(C)C)[C@H](O[Si](C)(C)C(C)(C)C)[C@@H](C)O1. The van der Waals surface area contributed by atoms with Gasteiger partial charge in [0.1, 0.15) is 5.75 Å². The average Bonchev–Trinajstić information content (AvgIpc) is 2.62. The second-order valence-corrected chi connectivity index (χ2v) is 22.6. The highest BCUT2D eigenvalue weighted by atomic mass is 79.9. The summed E-state index contributed by atoms with van der Waals surface area (Å²) in [6.45, 7) is 25.1. The van der Waals surface area contributed by atoms with Crippen molar-refractivity contribution in [1.82, 2.24) is 0 Å². The number of ether oxygens (including phenoxy) is 2. The fraction of sp³-hybridized carbons (Fsp3) is 0.760. The third-order valence-electron chi connectivity index (χ3n) is 7.69. The van der Waals surface area contributed by atoms with Crippen molar-refractivity contribution in [3.05, 3.63) is 28.2 Å². The third kappa shape index (κ3) is 6.27. The summed E-state index contributed by atoms with van der Waals surface area (Å²) in [5, 5.41) is 0.251. The number of methoxy groups -OCH3 is 1. The van der Waals surface area contributed by atoms with Gasteiger partial charge in [0, 0.05) is 16.5 Å². The Morgan fingerprint density at radius 1 is 0.938 bits per heavy atom. The maximum Gasteiger partial charge on any atom is 0.192 e. The molecule has 4 atom stereocenters. The zero-order valence-corrected chi connectivity index (χ0v) is 25.8. The van der Waals surface area contributed by atoms with E-state index in [9.17, 15) is 0 Å². The molecule has 1 heterocycles. The first-order valence-corrected chi connectivity index (χ1v) is 18.3. The van der Waals surface area contributed by atoms with E-state index in [4.69, 9.17) is 18.3 Å². The molecule has 0 bridgehead atoms. The minimum Gasteiger partial charge on any atom is -0.496 e. The van der Waals surface area contributed by atoms with E-state index in [0.717, 1.165) is 22.2 Å². The minimum atomic E-state index is -2.01. The van der Waals surface area contributed by atoms with Gasteiger partial charge in [0.15, 0.2) is 16.6 Å². The molecule has 0 aliphatic carbocycles. The van der Waals surface area contributed by atoms with Crippen molar-refractivity contribution >= 4 is 32.6 Å². The van der Waals surface area contributed by atoms with Crippen molar-refractivity contribution in [2.24, 2.45) is 0 Å². The Kier molecular flexibility index (Phi) is 8.61. The van der Waals surface area contributed by atoms with E-state index in [2.05, 4.69) is 96.7 Å². The Balaban J connectivity index is 2.43. The third-order valence-corrected chi connectivity index (χ3v) is 17.2. The molecule has 0 saturated carbocycles. The molecular formula is C25H45BrO4Si2. The second-order valence-electron chi connectivity index (χ2n) is 12.2. The van der Waals surface area contributed by atoms with Crippen LogP contribution in [0.15, 0.2) is 22.7 Å². The van der Waals surface area contributed by atoms with Crippen LogP contribution in [0.4, 0.5) is 0 Å². The molecule has 1 aromatic rings. The van der Waals surface area contributed by atoms with E-state index in [0.29, 0.717) is 0 Å². The van der Waals surface area contributed by atoms with Crippen LogP contribution in [0.2, 0.25) is 36.3 Å². The van der Waals surface area contributed by atoms with Crippen molar-refractivity contribution < 1.29 is 18.3 Å². The molecule has 7 heteroatoms. The van der Waals surface area contributed by atoms with Crippen LogP contribution in [-0.2, 0) is 13.6 Å². The number of rotatable bonds is 6. The van der Waals surface area contributed by atoms with Gasteiger partial charge < -0.3 is 18.3 Å². The smallest absolute Gasteiger partial charge is 0.192 e. The van der Waals surface area contributed by atoms with Crippen LogP contribution in [0.3, 0.4) is 0 Å². The summed E-state index contributed by atoms with van der Waals surface area (Å²) in [5.41, 5.74) is 1.07. The first-order valence-electron chi connectivity index (χ1n) is 11.7. The fourth-order valence-electron chi connectivity index (χ4n) is 3.55. The highest BCUT2D eigenvalue weighted by Crippen LogP contribution is 2.46. The van der Waals surface area contributed by atoms with Crippen molar-refractivity contribution in [2.75, 3.05) is 7.11 Å². The van der Waals surface area contributed by atoms with Gasteiger partial charge in [-0.15, -0.1) is 0 Å². The standard InChI is InChI=1S/C25H45BrO4Si2/c1-17-23(30-32(11,12)25(5,6)7)22(29-31(9,10)24(2,3)4)16-21(28-17)19-14-13-18(26)15-20(19)27-8/h13-15,17,21-23H,16H2,1-12H3/t17-,21-,22-,23-/m1/s1. The van der Waals surface area contributed by atoms with Crippen LogP contribution in [-0.4, -0.2) is 42.1 Å². The molecule has 1 fully saturated rings. The Hall–Kier alpha value is -0.186. The molecule has 1 saturated heterocycles. The Labute approximate surface area is 207 Å². The Morgan fingerprint density at radius 3 is 1.97 bits per heavy atom. The molecule has 1 aliphatic heterocycles. The summed E-state index contributed by atoms with van der Waals surface area (Å²) in [6.07, 6.45) is 0.483. The van der Waals surface area contributed by atoms with E-state index in [1.165, 1.54) is 0 Å². The van der Waals surface area contributed by atoms with Crippen LogP contribution in [0.1, 0.15) is 66.6 Å². The second kappa shape index (κ2) is 9.82. The lowest BCUT2D eigenvalue weighted by molar-refractivity contribution is -0.154. The molecule has 0 amide bonds. The molecule has 1 aliphatic rings. The Morgan fingerprint density at radius 2 is 1.47 bits per heavy atom. The number of hydrogen-bond acceptors (Lipinski definition) is 4. The maximum atomic E-state index is 7.04. The van der Waals surface area contributed by atoms with Gasteiger partial charge in [-0.3, -0.25) is 0 Å². The summed E-state index contributed by atoms with van der Waals surface area (Å²) < 4.78 is 27.3. The Bertz CT molecular complexity index is 783. The lowest BCUT2D eigenvalue weighted by atomic mass is 9.94. The van der Waals surface area contributed by atoms with Crippen LogP contribution in [0, 0.1) is 0 Å². The molecule has 0 aromatic heterocycles. The van der Waals surface area contributed by atoms with Crippen molar-refractivity contribution in [3.63, 3.8) is 0 Å². The molecule has 0 spiro atoms. The lowest BCUT2D eigenvalue weighted by Crippen LogP contribution is -2.57. The van der Waals surface area contributed by atoms with Gasteiger partial charge in [-0.25, -0.2) is 0 Å². The van der Waals surface area contributed by atoms with Gasteiger partial charge in [0.05, 0.1) is 31.5 Å². The summed E-state index contributed by atoms with van der Waals surface area (Å²) in [5.74, 6) is 0.839. The van der Waals surface area contributed by atoms with Crippen LogP contribution in [0.5, 0.6) is 5.75 Å². The fourth-order valence-corrected chi connectivity index (χ4v) is 6.61. The number of hydrogen-bond donors (Lipinski definition) is 0. The van der Waals surface area contributed by atoms with Gasteiger partial charge in [0.2, 0.25) is 0 Å². The summed E-state index contributed by atoms with van der Waals surface area (Å²) in [7, 11) is -2.29. The van der Waals surface area contributed by atoms with Crippen LogP contribution < -0.4 is 4.74 Å². The van der Waals surface area contributed by atoms with E-state index in [1.54, 1.807) is 7.11 Å². The van der Waals surface area contributed by atoms with Gasteiger partial charge in [0.25, 0.3) is 0 Å². The molecule has 32 heavy (non-hydrogen) atoms. The molecule has 2 rings (SSSR count). The van der Waals surface area contributed by atoms with Gasteiger partial charge >= 0.3 is 0 Å². The molecule has 0 N–H and O–H groups in total. The normalized spacial score (nSPS) is 25.7. The largest absolute Gasteiger partial charge is 0.496 e. The van der Waals surface area contributed by atoms with Crippen molar-refractivity contribution in [1.29, 1.82) is 0 Å². The highest BCUT2D eigenvalue weighted by Gasteiger charge is 2.49. The number of benzene rings is 1. The van der Waals surface area contributed by atoms with E-state index in [1.807, 2.05) is 12.1 Å². The van der Waals surface area contributed by atoms with Gasteiger partial charge in [-0.2, -0.15) is 0 Å². The van der Waals surface area contributed by atoms with Crippen molar-refractivity contribution in [3.8, 4) is 5.75 Å². The average molecular weight is 546 g/mol. The first-order chi connectivity index (χ1) is 14.4. The molecule has 0 unspecified atom stereocenters. The van der Waals surface area contributed by atoms with E-state index < -0.39 is 16.6 Å². The summed E-state index contributed by atoms with van der Waals surface area (Å²) >= 11 is 3.55. The summed E-state index contributed by atoms with van der Waals surface area (Å²) in [6, 6.07) is 6.15. The molecule has 1 aromatic carbocycles.